The predicted octanol–water partition coefficient (Wildman–Crippen LogP) is 8.51. The van der Waals surface area contributed by atoms with Gasteiger partial charge in [0.05, 0.1) is 10.0 Å². The molecule has 0 atom stereocenters. The second kappa shape index (κ2) is 9.55. The molecule has 2 amide bonds. The number of carbonyl (C=O) groups excluding carboxylic acids is 2. The lowest BCUT2D eigenvalue weighted by atomic mass is 10.2. The summed E-state index contributed by atoms with van der Waals surface area (Å²) in [6, 6.07) is 15.2. The van der Waals surface area contributed by atoms with Crippen molar-refractivity contribution in [2.24, 2.45) is 0 Å². The van der Waals surface area contributed by atoms with E-state index in [1.807, 2.05) is 48.5 Å². The van der Waals surface area contributed by atoms with Gasteiger partial charge in [-0.15, -0.1) is 45.3 Å². The lowest BCUT2D eigenvalue weighted by Crippen LogP contribution is -2.10. The van der Waals surface area contributed by atoms with Gasteiger partial charge in [0.15, 0.2) is 10.3 Å². The summed E-state index contributed by atoms with van der Waals surface area (Å²) in [6.07, 6.45) is 0. The van der Waals surface area contributed by atoms with Crippen molar-refractivity contribution in [3.05, 3.63) is 79.1 Å². The van der Waals surface area contributed by atoms with Crippen LogP contribution in [0.4, 0.5) is 10.3 Å². The molecule has 178 valence electrons. The van der Waals surface area contributed by atoms with Crippen molar-refractivity contribution in [3.8, 4) is 11.4 Å². The molecule has 6 aromatic rings. The monoisotopic (exact) mass is 586 g/mol. The number of amides is 2. The number of nitrogens with zero attached hydrogens (tertiary/aromatic N) is 2. The Hall–Kier alpha value is -2.86. The lowest BCUT2D eigenvalue weighted by molar-refractivity contribution is 0.102. The minimum atomic E-state index is -0.312. The van der Waals surface area contributed by atoms with Crippen LogP contribution in [0.3, 0.4) is 0 Å². The second-order valence-electron chi connectivity index (χ2n) is 7.47. The molecule has 2 N–H and O–H groups in total. The summed E-state index contributed by atoms with van der Waals surface area (Å²) in [5.74, 6) is -0.623. The summed E-state index contributed by atoms with van der Waals surface area (Å²) in [5.41, 5.74) is 1.18. The number of thiazole rings is 2. The van der Waals surface area contributed by atoms with Crippen molar-refractivity contribution < 1.29 is 9.59 Å². The van der Waals surface area contributed by atoms with E-state index in [1.54, 1.807) is 10.8 Å². The highest BCUT2D eigenvalue weighted by atomic mass is 35.5. The van der Waals surface area contributed by atoms with Gasteiger partial charge in [-0.2, -0.15) is 0 Å². The zero-order valence-corrected chi connectivity index (χ0v) is 22.7. The fourth-order valence-electron chi connectivity index (χ4n) is 3.53. The van der Waals surface area contributed by atoms with Gasteiger partial charge in [-0.3, -0.25) is 20.2 Å². The van der Waals surface area contributed by atoms with Crippen LogP contribution in [0.5, 0.6) is 0 Å². The van der Waals surface area contributed by atoms with Crippen LogP contribution >= 0.6 is 68.5 Å². The maximum atomic E-state index is 12.8. The van der Waals surface area contributed by atoms with Gasteiger partial charge in [0.1, 0.15) is 21.1 Å². The van der Waals surface area contributed by atoms with Gasteiger partial charge in [-0.05, 0) is 12.1 Å². The highest BCUT2D eigenvalue weighted by molar-refractivity contribution is 7.22. The maximum Gasteiger partial charge on any atom is 0.269 e. The molecule has 2 aromatic carbocycles. The Labute approximate surface area is 230 Å². The Kier molecular flexibility index (Phi) is 6.24. The van der Waals surface area contributed by atoms with E-state index in [2.05, 4.69) is 20.6 Å². The fraction of sp³-hybridized carbons (Fsp3) is 0. The molecule has 0 aliphatic carbocycles. The largest absolute Gasteiger partial charge is 0.297 e. The van der Waals surface area contributed by atoms with Crippen molar-refractivity contribution >= 4 is 111 Å². The molecule has 6 nitrogen and oxygen atoms in total. The molecule has 0 radical (unpaired) electrons. The standard InChI is InChI=1S/C24H12Cl2N4O2S4/c25-17-11-5-1-3-7-15(11)35-19(17)21(31)29-23-27-13(9-33-23)14-10-34-24(28-14)30-22(32)20-18(26)12-6-2-4-8-16(12)36-20/h1-10H,(H,27,29,31)(H,28,30,32). The third-order valence-corrected chi connectivity index (χ3v) is 10.1. The summed E-state index contributed by atoms with van der Waals surface area (Å²) >= 11 is 18.1. The van der Waals surface area contributed by atoms with Gasteiger partial charge in [0.2, 0.25) is 0 Å². The van der Waals surface area contributed by atoms with Gasteiger partial charge in [0.25, 0.3) is 11.8 Å². The number of carbonyl (C=O) groups is 2. The normalized spacial score (nSPS) is 11.3. The first-order chi connectivity index (χ1) is 17.5. The van der Waals surface area contributed by atoms with Crippen LogP contribution in [0.25, 0.3) is 31.6 Å². The molecule has 4 aromatic heterocycles. The summed E-state index contributed by atoms with van der Waals surface area (Å²) < 4.78 is 1.89. The van der Waals surface area contributed by atoms with Crippen LogP contribution in [0.15, 0.2) is 59.3 Å². The third kappa shape index (κ3) is 4.30. The zero-order chi connectivity index (χ0) is 24.8. The number of fused-ring (bicyclic) bond motifs is 2. The molecular weight excluding hydrogens is 575 g/mol. The van der Waals surface area contributed by atoms with E-state index in [-0.39, 0.29) is 11.8 Å². The molecule has 12 heteroatoms. The fourth-order valence-corrected chi connectivity index (χ4v) is 7.75. The SMILES string of the molecule is O=C(Nc1nc(-c2csc(NC(=O)c3sc4ccccc4c3Cl)n2)cs1)c1sc2ccccc2c1Cl. The zero-order valence-electron chi connectivity index (χ0n) is 17.9. The van der Waals surface area contributed by atoms with Gasteiger partial charge in [-0.25, -0.2) is 9.97 Å². The molecule has 0 aliphatic heterocycles. The number of aromatic nitrogens is 2. The molecule has 0 saturated heterocycles. The van der Waals surface area contributed by atoms with Crippen molar-refractivity contribution in [2.75, 3.05) is 10.6 Å². The Morgan fingerprint density at radius 3 is 1.50 bits per heavy atom. The number of rotatable bonds is 5. The molecular formula is C24H12Cl2N4O2S4. The number of nitrogens with one attached hydrogen (secondary N) is 2. The van der Waals surface area contributed by atoms with Crippen LogP contribution in [-0.4, -0.2) is 21.8 Å². The molecule has 4 heterocycles. The Bertz CT molecular complexity index is 1650. The van der Waals surface area contributed by atoms with E-state index in [1.165, 1.54) is 45.3 Å². The minimum absolute atomic E-state index is 0.312. The van der Waals surface area contributed by atoms with Gasteiger partial charge >= 0.3 is 0 Å². The Morgan fingerprint density at radius 2 is 1.08 bits per heavy atom. The predicted molar refractivity (Wildman–Crippen MR) is 153 cm³/mol. The lowest BCUT2D eigenvalue weighted by Gasteiger charge is -1.99. The molecule has 0 unspecified atom stereocenters. The van der Waals surface area contributed by atoms with Gasteiger partial charge in [-0.1, -0.05) is 59.6 Å². The molecule has 0 saturated carbocycles. The molecule has 0 spiro atoms. The Balaban J connectivity index is 1.17. The number of anilines is 2. The van der Waals surface area contributed by atoms with Crippen LogP contribution in [0.2, 0.25) is 10.0 Å². The van der Waals surface area contributed by atoms with E-state index < -0.39 is 0 Å². The molecule has 0 bridgehead atoms. The van der Waals surface area contributed by atoms with E-state index >= 15 is 0 Å². The van der Waals surface area contributed by atoms with E-state index in [9.17, 15) is 9.59 Å². The number of hydrogen-bond acceptors (Lipinski definition) is 8. The summed E-state index contributed by atoms with van der Waals surface area (Å²) in [6.45, 7) is 0. The van der Waals surface area contributed by atoms with Crippen molar-refractivity contribution in [2.45, 2.75) is 0 Å². The van der Waals surface area contributed by atoms with Crippen LogP contribution in [0.1, 0.15) is 19.3 Å². The highest BCUT2D eigenvalue weighted by Crippen LogP contribution is 2.37. The molecule has 6 rings (SSSR count). The number of benzene rings is 2. The van der Waals surface area contributed by atoms with Crippen LogP contribution in [-0.2, 0) is 0 Å². The number of hydrogen-bond donors (Lipinski definition) is 2. The van der Waals surface area contributed by atoms with Crippen LogP contribution < -0.4 is 10.6 Å². The van der Waals surface area contributed by atoms with E-state index in [0.29, 0.717) is 41.5 Å². The quantitative estimate of drug-likeness (QED) is 0.212. The summed E-state index contributed by atoms with van der Waals surface area (Å²) in [7, 11) is 0. The first-order valence-electron chi connectivity index (χ1n) is 10.4. The van der Waals surface area contributed by atoms with Gasteiger partial charge in [0, 0.05) is 30.9 Å². The number of thiophene rings is 2. The number of halogens is 2. The van der Waals surface area contributed by atoms with Gasteiger partial charge < -0.3 is 0 Å². The molecule has 0 aliphatic rings. The topological polar surface area (TPSA) is 84.0 Å². The molecule has 0 fully saturated rings. The average molecular weight is 588 g/mol. The first-order valence-corrected chi connectivity index (χ1v) is 14.5. The second-order valence-corrected chi connectivity index (χ2v) is 12.0. The third-order valence-electron chi connectivity index (χ3n) is 5.19. The molecule has 36 heavy (non-hydrogen) atoms. The van der Waals surface area contributed by atoms with E-state index in [4.69, 9.17) is 23.2 Å². The first kappa shape index (κ1) is 23.5. The minimum Gasteiger partial charge on any atom is -0.297 e. The van der Waals surface area contributed by atoms with E-state index in [0.717, 1.165) is 20.2 Å². The van der Waals surface area contributed by atoms with Crippen molar-refractivity contribution in [1.29, 1.82) is 0 Å². The van der Waals surface area contributed by atoms with Crippen molar-refractivity contribution in [3.63, 3.8) is 0 Å². The average Bonchev–Trinajstić information content (AvgIpc) is 3.66. The smallest absolute Gasteiger partial charge is 0.269 e. The van der Waals surface area contributed by atoms with Crippen LogP contribution in [0, 0.1) is 0 Å². The Morgan fingerprint density at radius 1 is 0.667 bits per heavy atom. The highest BCUT2D eigenvalue weighted by Gasteiger charge is 2.20. The summed E-state index contributed by atoms with van der Waals surface area (Å²) in [5, 5.41) is 12.7. The van der Waals surface area contributed by atoms with Crippen molar-refractivity contribution in [1.82, 2.24) is 9.97 Å². The maximum absolute atomic E-state index is 12.8. The summed E-state index contributed by atoms with van der Waals surface area (Å²) in [4.78, 5) is 35.5.